The van der Waals surface area contributed by atoms with Crippen LogP contribution in [-0.2, 0) is 12.8 Å². The lowest BCUT2D eigenvalue weighted by Gasteiger charge is -1.98. The number of nitrogens with one attached hydrogen (secondary N) is 1. The standard InChI is InChI=1S/C10H14N4O2/c11-5-3-9-13-14-10(16-9)12-6-4-8-2-1-7-15-8/h1-2,7H,3-6,11H2,(H,12,14). The number of nitrogens with two attached hydrogens (primary N) is 1. The van der Waals surface area contributed by atoms with Crippen LogP contribution in [0.1, 0.15) is 11.7 Å². The van der Waals surface area contributed by atoms with Crippen molar-refractivity contribution in [2.75, 3.05) is 18.4 Å². The second kappa shape index (κ2) is 5.32. The van der Waals surface area contributed by atoms with Gasteiger partial charge in [0, 0.05) is 25.9 Å². The molecule has 0 bridgehead atoms. The molecule has 0 atom stereocenters. The maximum atomic E-state index is 5.37. The molecule has 0 aliphatic heterocycles. The van der Waals surface area contributed by atoms with E-state index in [0.29, 0.717) is 31.4 Å². The van der Waals surface area contributed by atoms with Crippen LogP contribution < -0.4 is 11.1 Å². The van der Waals surface area contributed by atoms with E-state index in [0.717, 1.165) is 12.2 Å². The summed E-state index contributed by atoms with van der Waals surface area (Å²) >= 11 is 0. The number of hydrogen-bond donors (Lipinski definition) is 2. The molecule has 0 amide bonds. The molecular weight excluding hydrogens is 208 g/mol. The van der Waals surface area contributed by atoms with Gasteiger partial charge in [0.25, 0.3) is 0 Å². The molecule has 3 N–H and O–H groups in total. The first kappa shape index (κ1) is 10.7. The Bertz CT molecular complexity index is 410. The number of aromatic nitrogens is 2. The molecule has 0 aromatic carbocycles. The largest absolute Gasteiger partial charge is 0.469 e. The lowest BCUT2D eigenvalue weighted by atomic mass is 10.3. The molecule has 2 heterocycles. The van der Waals surface area contributed by atoms with Crippen molar-refractivity contribution in [3.05, 3.63) is 30.0 Å². The van der Waals surface area contributed by atoms with E-state index in [-0.39, 0.29) is 0 Å². The quantitative estimate of drug-likeness (QED) is 0.752. The smallest absolute Gasteiger partial charge is 0.315 e. The van der Waals surface area contributed by atoms with Gasteiger partial charge in [0.2, 0.25) is 5.89 Å². The molecule has 0 radical (unpaired) electrons. The van der Waals surface area contributed by atoms with E-state index in [1.165, 1.54) is 0 Å². The van der Waals surface area contributed by atoms with Crippen molar-refractivity contribution in [3.63, 3.8) is 0 Å². The Morgan fingerprint density at radius 3 is 3.00 bits per heavy atom. The fourth-order valence-electron chi connectivity index (χ4n) is 1.30. The van der Waals surface area contributed by atoms with Gasteiger partial charge >= 0.3 is 6.01 Å². The fourth-order valence-corrected chi connectivity index (χ4v) is 1.30. The minimum atomic E-state index is 0.426. The van der Waals surface area contributed by atoms with Crippen LogP contribution in [0.4, 0.5) is 6.01 Å². The molecular formula is C10H14N4O2. The molecule has 0 fully saturated rings. The molecule has 0 aliphatic rings. The minimum absolute atomic E-state index is 0.426. The predicted molar refractivity (Wildman–Crippen MR) is 58.0 cm³/mol. The van der Waals surface area contributed by atoms with Crippen molar-refractivity contribution in [3.8, 4) is 0 Å². The second-order valence-electron chi connectivity index (χ2n) is 3.30. The van der Waals surface area contributed by atoms with Gasteiger partial charge in [-0.1, -0.05) is 5.10 Å². The molecule has 6 heteroatoms. The molecule has 6 nitrogen and oxygen atoms in total. The Morgan fingerprint density at radius 1 is 1.31 bits per heavy atom. The summed E-state index contributed by atoms with van der Waals surface area (Å²) in [5.41, 5.74) is 5.37. The molecule has 86 valence electrons. The highest BCUT2D eigenvalue weighted by Gasteiger charge is 2.04. The Labute approximate surface area is 92.8 Å². The van der Waals surface area contributed by atoms with Gasteiger partial charge in [0.1, 0.15) is 5.76 Å². The van der Waals surface area contributed by atoms with Crippen LogP contribution in [0, 0.1) is 0 Å². The van der Waals surface area contributed by atoms with Crippen LogP contribution in [0.15, 0.2) is 27.2 Å². The summed E-state index contributed by atoms with van der Waals surface area (Å²) in [5, 5.41) is 10.7. The van der Waals surface area contributed by atoms with Crippen LogP contribution in [0.3, 0.4) is 0 Å². The van der Waals surface area contributed by atoms with Crippen LogP contribution in [-0.4, -0.2) is 23.3 Å². The van der Waals surface area contributed by atoms with Gasteiger partial charge in [-0.05, 0) is 12.1 Å². The van der Waals surface area contributed by atoms with Crippen LogP contribution in [0.2, 0.25) is 0 Å². The van der Waals surface area contributed by atoms with E-state index in [2.05, 4.69) is 15.5 Å². The van der Waals surface area contributed by atoms with Crippen molar-refractivity contribution < 1.29 is 8.83 Å². The molecule has 0 saturated heterocycles. The van der Waals surface area contributed by atoms with Crippen LogP contribution >= 0.6 is 0 Å². The average Bonchev–Trinajstić information content (AvgIpc) is 2.90. The van der Waals surface area contributed by atoms with E-state index in [1.807, 2.05) is 12.1 Å². The first-order valence-corrected chi connectivity index (χ1v) is 5.17. The summed E-state index contributed by atoms with van der Waals surface area (Å²) in [6.07, 6.45) is 3.04. The van der Waals surface area contributed by atoms with Gasteiger partial charge in [-0.15, -0.1) is 5.10 Å². The molecule has 0 aliphatic carbocycles. The molecule has 0 saturated carbocycles. The van der Waals surface area contributed by atoms with E-state index in [4.69, 9.17) is 14.6 Å². The van der Waals surface area contributed by atoms with Crippen molar-refractivity contribution >= 4 is 6.01 Å². The minimum Gasteiger partial charge on any atom is -0.469 e. The molecule has 16 heavy (non-hydrogen) atoms. The van der Waals surface area contributed by atoms with Crippen molar-refractivity contribution in [1.29, 1.82) is 0 Å². The highest BCUT2D eigenvalue weighted by atomic mass is 16.4. The number of nitrogens with zero attached hydrogens (tertiary/aromatic N) is 2. The first-order valence-electron chi connectivity index (χ1n) is 5.17. The van der Waals surface area contributed by atoms with E-state index in [9.17, 15) is 0 Å². The average molecular weight is 222 g/mol. The zero-order valence-electron chi connectivity index (χ0n) is 8.85. The summed E-state index contributed by atoms with van der Waals surface area (Å²) in [4.78, 5) is 0. The topological polar surface area (TPSA) is 90.1 Å². The SMILES string of the molecule is NCCc1nnc(NCCc2ccco2)o1. The lowest BCUT2D eigenvalue weighted by molar-refractivity contribution is 0.498. The number of rotatable bonds is 6. The fraction of sp³-hybridized carbons (Fsp3) is 0.400. The second-order valence-corrected chi connectivity index (χ2v) is 3.30. The summed E-state index contributed by atoms with van der Waals surface area (Å²) in [6, 6.07) is 4.21. The zero-order chi connectivity index (χ0) is 11.2. The molecule has 2 aromatic rings. The first-order chi connectivity index (χ1) is 7.88. The third kappa shape index (κ3) is 2.83. The van der Waals surface area contributed by atoms with Gasteiger partial charge in [-0.2, -0.15) is 0 Å². The van der Waals surface area contributed by atoms with E-state index < -0.39 is 0 Å². The molecule has 2 rings (SSSR count). The monoisotopic (exact) mass is 222 g/mol. The predicted octanol–water partition coefficient (Wildman–Crippen LogP) is 0.818. The maximum Gasteiger partial charge on any atom is 0.315 e. The third-order valence-electron chi connectivity index (χ3n) is 2.05. The van der Waals surface area contributed by atoms with Crippen molar-refractivity contribution in [2.45, 2.75) is 12.8 Å². The lowest BCUT2D eigenvalue weighted by Crippen LogP contribution is -2.04. The van der Waals surface area contributed by atoms with Gasteiger partial charge < -0.3 is 19.9 Å². The van der Waals surface area contributed by atoms with Crippen molar-refractivity contribution in [1.82, 2.24) is 10.2 Å². The summed E-state index contributed by atoms with van der Waals surface area (Å²) in [7, 11) is 0. The van der Waals surface area contributed by atoms with Gasteiger partial charge in [0.05, 0.1) is 6.26 Å². The number of anilines is 1. The Hall–Kier alpha value is -1.82. The third-order valence-corrected chi connectivity index (χ3v) is 2.05. The maximum absolute atomic E-state index is 5.37. The highest BCUT2D eigenvalue weighted by molar-refractivity contribution is 5.17. The summed E-state index contributed by atoms with van der Waals surface area (Å²) < 4.78 is 10.5. The van der Waals surface area contributed by atoms with Crippen LogP contribution in [0.25, 0.3) is 0 Å². The highest BCUT2D eigenvalue weighted by Crippen LogP contribution is 2.06. The van der Waals surface area contributed by atoms with Crippen LogP contribution in [0.5, 0.6) is 0 Å². The van der Waals surface area contributed by atoms with E-state index >= 15 is 0 Å². The number of hydrogen-bond acceptors (Lipinski definition) is 6. The normalized spacial score (nSPS) is 10.6. The summed E-state index contributed by atoms with van der Waals surface area (Å²) in [6.45, 7) is 1.20. The zero-order valence-corrected chi connectivity index (χ0v) is 8.85. The van der Waals surface area contributed by atoms with Gasteiger partial charge in [-0.3, -0.25) is 0 Å². The Kier molecular flexibility index (Phi) is 3.55. The summed E-state index contributed by atoms with van der Waals surface area (Å²) in [5.74, 6) is 1.48. The molecule has 0 unspecified atom stereocenters. The Balaban J connectivity index is 1.76. The molecule has 2 aromatic heterocycles. The van der Waals surface area contributed by atoms with Gasteiger partial charge in [0.15, 0.2) is 0 Å². The molecule has 0 spiro atoms. The van der Waals surface area contributed by atoms with Gasteiger partial charge in [-0.25, -0.2) is 0 Å². The number of furan rings is 1. The van der Waals surface area contributed by atoms with Crippen molar-refractivity contribution in [2.24, 2.45) is 5.73 Å². The van der Waals surface area contributed by atoms with E-state index in [1.54, 1.807) is 6.26 Å². The Morgan fingerprint density at radius 2 is 2.25 bits per heavy atom.